The number of aromatic nitrogens is 3. The van der Waals surface area contributed by atoms with Crippen LogP contribution < -0.4 is 10.2 Å². The molecule has 3 rings (SSSR count). The summed E-state index contributed by atoms with van der Waals surface area (Å²) in [6, 6.07) is 7.41. The molecule has 1 aliphatic rings. The van der Waals surface area contributed by atoms with Gasteiger partial charge in [-0.2, -0.15) is 0 Å². The SMILES string of the molecule is O=C(NCCc1ccccn1)C1CCCN1c1ncccn1. The van der Waals surface area contributed by atoms with E-state index in [4.69, 9.17) is 0 Å². The minimum atomic E-state index is -0.175. The number of anilines is 1. The molecule has 0 radical (unpaired) electrons. The zero-order chi connectivity index (χ0) is 15.2. The standard InChI is InChI=1S/C16H19N5O/c22-15(18-11-7-13-5-1-2-8-17-13)14-6-3-12-21(14)16-19-9-4-10-20-16/h1-2,4-5,8-10,14H,3,6-7,11-12H2,(H,18,22). The number of rotatable bonds is 5. The second-order valence-electron chi connectivity index (χ2n) is 5.26. The second kappa shape index (κ2) is 6.98. The predicted octanol–water partition coefficient (Wildman–Crippen LogP) is 1.20. The zero-order valence-corrected chi connectivity index (χ0v) is 12.4. The van der Waals surface area contributed by atoms with E-state index in [0.29, 0.717) is 12.5 Å². The van der Waals surface area contributed by atoms with E-state index in [-0.39, 0.29) is 11.9 Å². The van der Waals surface area contributed by atoms with Gasteiger partial charge in [0.05, 0.1) is 0 Å². The van der Waals surface area contributed by atoms with Gasteiger partial charge in [0.25, 0.3) is 0 Å². The molecule has 1 aliphatic heterocycles. The first-order valence-corrected chi connectivity index (χ1v) is 7.56. The lowest BCUT2D eigenvalue weighted by atomic mass is 10.2. The Morgan fingerprint density at radius 1 is 1.18 bits per heavy atom. The maximum absolute atomic E-state index is 12.4. The first kappa shape index (κ1) is 14.4. The highest BCUT2D eigenvalue weighted by molar-refractivity contribution is 5.85. The molecular formula is C16H19N5O. The van der Waals surface area contributed by atoms with Gasteiger partial charge in [0.2, 0.25) is 11.9 Å². The molecule has 1 amide bonds. The number of carbonyl (C=O) groups excluding carboxylic acids is 1. The van der Waals surface area contributed by atoms with Crippen molar-refractivity contribution in [3.8, 4) is 0 Å². The van der Waals surface area contributed by atoms with Crippen LogP contribution in [0.25, 0.3) is 0 Å². The Hall–Kier alpha value is -2.50. The molecule has 1 N–H and O–H groups in total. The lowest BCUT2D eigenvalue weighted by Crippen LogP contribution is -2.44. The van der Waals surface area contributed by atoms with E-state index in [1.165, 1.54) is 0 Å². The van der Waals surface area contributed by atoms with E-state index in [1.807, 2.05) is 23.1 Å². The van der Waals surface area contributed by atoms with E-state index < -0.39 is 0 Å². The highest BCUT2D eigenvalue weighted by Gasteiger charge is 2.31. The first-order chi connectivity index (χ1) is 10.8. The highest BCUT2D eigenvalue weighted by atomic mass is 16.2. The fourth-order valence-electron chi connectivity index (χ4n) is 2.70. The molecule has 0 aliphatic carbocycles. The van der Waals surface area contributed by atoms with Gasteiger partial charge in [-0.1, -0.05) is 6.07 Å². The first-order valence-electron chi connectivity index (χ1n) is 7.56. The Morgan fingerprint density at radius 2 is 2.00 bits per heavy atom. The fourth-order valence-corrected chi connectivity index (χ4v) is 2.70. The fraction of sp³-hybridized carbons (Fsp3) is 0.375. The third-order valence-electron chi connectivity index (χ3n) is 3.77. The quantitative estimate of drug-likeness (QED) is 0.898. The molecule has 2 aromatic rings. The summed E-state index contributed by atoms with van der Waals surface area (Å²) in [6.07, 6.45) is 7.74. The summed E-state index contributed by atoms with van der Waals surface area (Å²) in [6.45, 7) is 1.41. The van der Waals surface area contributed by atoms with Crippen molar-refractivity contribution in [1.82, 2.24) is 20.3 Å². The van der Waals surface area contributed by atoms with Gasteiger partial charge in [-0.15, -0.1) is 0 Å². The summed E-state index contributed by atoms with van der Waals surface area (Å²) < 4.78 is 0. The number of amides is 1. The molecule has 1 atom stereocenters. The van der Waals surface area contributed by atoms with Crippen molar-refractivity contribution in [3.63, 3.8) is 0 Å². The Balaban J connectivity index is 1.55. The molecule has 0 bridgehead atoms. The Bertz CT molecular complexity index is 604. The van der Waals surface area contributed by atoms with Gasteiger partial charge in [-0.3, -0.25) is 9.78 Å². The van der Waals surface area contributed by atoms with Gasteiger partial charge in [0, 0.05) is 43.8 Å². The molecule has 0 spiro atoms. The average molecular weight is 297 g/mol. The number of pyridine rings is 1. The van der Waals surface area contributed by atoms with E-state index in [0.717, 1.165) is 31.5 Å². The van der Waals surface area contributed by atoms with Gasteiger partial charge < -0.3 is 10.2 Å². The predicted molar refractivity (Wildman–Crippen MR) is 83.4 cm³/mol. The van der Waals surface area contributed by atoms with Crippen molar-refractivity contribution >= 4 is 11.9 Å². The molecule has 0 saturated carbocycles. The molecule has 22 heavy (non-hydrogen) atoms. The van der Waals surface area contributed by atoms with E-state index in [2.05, 4.69) is 20.3 Å². The van der Waals surface area contributed by atoms with Crippen molar-refractivity contribution in [2.24, 2.45) is 0 Å². The number of hydrogen-bond acceptors (Lipinski definition) is 5. The van der Waals surface area contributed by atoms with Gasteiger partial charge in [-0.05, 0) is 31.0 Å². The summed E-state index contributed by atoms with van der Waals surface area (Å²) in [5.74, 6) is 0.672. The van der Waals surface area contributed by atoms with Crippen LogP contribution >= 0.6 is 0 Å². The topological polar surface area (TPSA) is 71.0 Å². The van der Waals surface area contributed by atoms with Crippen LogP contribution in [-0.4, -0.2) is 40.0 Å². The summed E-state index contributed by atoms with van der Waals surface area (Å²) >= 11 is 0. The summed E-state index contributed by atoms with van der Waals surface area (Å²) in [5, 5.41) is 3.00. The van der Waals surface area contributed by atoms with Crippen molar-refractivity contribution in [2.75, 3.05) is 18.0 Å². The molecular weight excluding hydrogens is 278 g/mol. The Labute approximate surface area is 129 Å². The Morgan fingerprint density at radius 3 is 2.77 bits per heavy atom. The van der Waals surface area contributed by atoms with E-state index in [1.54, 1.807) is 24.7 Å². The van der Waals surface area contributed by atoms with Gasteiger partial charge in [0.1, 0.15) is 6.04 Å². The second-order valence-corrected chi connectivity index (χ2v) is 5.26. The number of hydrogen-bond donors (Lipinski definition) is 1. The number of nitrogens with one attached hydrogen (secondary N) is 1. The number of nitrogens with zero attached hydrogens (tertiary/aromatic N) is 4. The highest BCUT2D eigenvalue weighted by Crippen LogP contribution is 2.21. The average Bonchev–Trinajstić information content (AvgIpc) is 3.06. The van der Waals surface area contributed by atoms with Gasteiger partial charge in [0.15, 0.2) is 0 Å². The van der Waals surface area contributed by atoms with Crippen LogP contribution in [0.15, 0.2) is 42.9 Å². The maximum Gasteiger partial charge on any atom is 0.242 e. The molecule has 6 nitrogen and oxygen atoms in total. The van der Waals surface area contributed by atoms with E-state index >= 15 is 0 Å². The molecule has 1 saturated heterocycles. The van der Waals surface area contributed by atoms with Gasteiger partial charge >= 0.3 is 0 Å². The summed E-state index contributed by atoms with van der Waals surface area (Å²) in [7, 11) is 0. The van der Waals surface area contributed by atoms with Crippen LogP contribution in [0.1, 0.15) is 18.5 Å². The minimum Gasteiger partial charge on any atom is -0.354 e. The third kappa shape index (κ3) is 3.39. The van der Waals surface area contributed by atoms with Crippen LogP contribution in [0.2, 0.25) is 0 Å². The molecule has 114 valence electrons. The normalized spacial score (nSPS) is 17.5. The van der Waals surface area contributed by atoms with Crippen molar-refractivity contribution in [2.45, 2.75) is 25.3 Å². The molecule has 0 aromatic carbocycles. The van der Waals surface area contributed by atoms with Crippen molar-refractivity contribution in [3.05, 3.63) is 48.5 Å². The lowest BCUT2D eigenvalue weighted by molar-refractivity contribution is -0.122. The number of carbonyl (C=O) groups is 1. The molecule has 1 fully saturated rings. The summed E-state index contributed by atoms with van der Waals surface area (Å²) in [4.78, 5) is 27.1. The van der Waals surface area contributed by atoms with Crippen LogP contribution in [-0.2, 0) is 11.2 Å². The summed E-state index contributed by atoms with van der Waals surface area (Å²) in [5.41, 5.74) is 0.984. The molecule has 2 aromatic heterocycles. The lowest BCUT2D eigenvalue weighted by Gasteiger charge is -2.23. The van der Waals surface area contributed by atoms with Gasteiger partial charge in [-0.25, -0.2) is 9.97 Å². The van der Waals surface area contributed by atoms with Crippen LogP contribution in [0.5, 0.6) is 0 Å². The largest absolute Gasteiger partial charge is 0.354 e. The molecule has 3 heterocycles. The van der Waals surface area contributed by atoms with Crippen LogP contribution in [0.3, 0.4) is 0 Å². The zero-order valence-electron chi connectivity index (χ0n) is 12.4. The van der Waals surface area contributed by atoms with Crippen LogP contribution in [0, 0.1) is 0 Å². The monoisotopic (exact) mass is 297 g/mol. The van der Waals surface area contributed by atoms with Crippen molar-refractivity contribution in [1.29, 1.82) is 0 Å². The third-order valence-corrected chi connectivity index (χ3v) is 3.77. The van der Waals surface area contributed by atoms with E-state index in [9.17, 15) is 4.79 Å². The Kier molecular flexibility index (Phi) is 4.58. The molecule has 6 heteroatoms. The molecule has 1 unspecified atom stereocenters. The smallest absolute Gasteiger partial charge is 0.242 e. The van der Waals surface area contributed by atoms with Crippen LogP contribution in [0.4, 0.5) is 5.95 Å². The maximum atomic E-state index is 12.4. The van der Waals surface area contributed by atoms with Crippen molar-refractivity contribution < 1.29 is 4.79 Å². The minimum absolute atomic E-state index is 0.0425.